The van der Waals surface area contributed by atoms with Crippen molar-refractivity contribution in [3.8, 4) is 5.75 Å². The number of hydrogen-bond donors (Lipinski definition) is 1. The summed E-state index contributed by atoms with van der Waals surface area (Å²) in [5, 5.41) is 14.0. The fourth-order valence-electron chi connectivity index (χ4n) is 3.44. The van der Waals surface area contributed by atoms with Crippen LogP contribution in [-0.4, -0.2) is 45.5 Å². The number of benzene rings is 1. The number of hydrogen-bond acceptors (Lipinski definition) is 4. The Bertz CT molecular complexity index is 762. The van der Waals surface area contributed by atoms with E-state index in [0.717, 1.165) is 49.5 Å². The molecule has 140 valence electrons. The Morgan fingerprint density at radius 1 is 1.42 bits per heavy atom. The maximum absolute atomic E-state index is 10.8. The molecule has 0 bridgehead atoms. The van der Waals surface area contributed by atoms with Crippen LogP contribution in [0.5, 0.6) is 5.75 Å². The molecule has 2 aromatic rings. The molecule has 0 amide bonds. The molecular formula is C19H24ClN3O3. The van der Waals surface area contributed by atoms with Crippen LogP contribution in [0.3, 0.4) is 0 Å². The third-order valence-electron chi connectivity index (χ3n) is 4.58. The molecule has 1 fully saturated rings. The van der Waals surface area contributed by atoms with Gasteiger partial charge in [-0.15, -0.1) is 0 Å². The summed E-state index contributed by atoms with van der Waals surface area (Å²) in [5.74, 6) is 0.174. The van der Waals surface area contributed by atoms with E-state index < -0.39 is 5.97 Å². The van der Waals surface area contributed by atoms with Gasteiger partial charge in [0.15, 0.2) is 0 Å². The minimum Gasteiger partial charge on any atom is -0.492 e. The van der Waals surface area contributed by atoms with Gasteiger partial charge < -0.3 is 9.84 Å². The molecular weight excluding hydrogens is 354 g/mol. The summed E-state index contributed by atoms with van der Waals surface area (Å²) >= 11 is 6.29. The van der Waals surface area contributed by atoms with Crippen LogP contribution < -0.4 is 4.74 Å². The van der Waals surface area contributed by atoms with E-state index in [9.17, 15) is 4.79 Å². The molecule has 0 radical (unpaired) electrons. The number of carboxylic acids is 1. The van der Waals surface area contributed by atoms with E-state index in [1.807, 2.05) is 25.1 Å². The van der Waals surface area contributed by atoms with E-state index in [4.69, 9.17) is 21.4 Å². The van der Waals surface area contributed by atoms with Gasteiger partial charge >= 0.3 is 5.97 Å². The van der Waals surface area contributed by atoms with Gasteiger partial charge in [-0.05, 0) is 50.1 Å². The molecule has 2 heterocycles. The van der Waals surface area contributed by atoms with Crippen LogP contribution in [0.4, 0.5) is 0 Å². The summed E-state index contributed by atoms with van der Waals surface area (Å²) in [5.41, 5.74) is 2.14. The predicted octanol–water partition coefficient (Wildman–Crippen LogP) is 3.40. The van der Waals surface area contributed by atoms with Crippen molar-refractivity contribution in [3.05, 3.63) is 46.7 Å². The van der Waals surface area contributed by atoms with Gasteiger partial charge in [-0.25, -0.2) is 0 Å². The molecule has 1 aromatic heterocycles. The summed E-state index contributed by atoms with van der Waals surface area (Å²) < 4.78 is 6.98. The van der Waals surface area contributed by atoms with Gasteiger partial charge in [-0.1, -0.05) is 17.7 Å². The highest BCUT2D eigenvalue weighted by atomic mass is 35.5. The summed E-state index contributed by atoms with van der Waals surface area (Å²) in [6.07, 6.45) is 3.92. The highest BCUT2D eigenvalue weighted by Crippen LogP contribution is 2.29. The van der Waals surface area contributed by atoms with Gasteiger partial charge in [0.1, 0.15) is 12.3 Å². The molecule has 1 atom stereocenters. The molecule has 0 unspecified atom stereocenters. The average molecular weight is 378 g/mol. The van der Waals surface area contributed by atoms with Gasteiger partial charge in [0, 0.05) is 25.2 Å². The number of piperidine rings is 1. The van der Waals surface area contributed by atoms with Crippen molar-refractivity contribution in [2.75, 3.05) is 19.7 Å². The van der Waals surface area contributed by atoms with Crippen LogP contribution in [-0.2, 0) is 17.9 Å². The SMILES string of the molecule is CCOc1ccc(CN2CCC[C@H](c3ccn(CC(=O)O)n3)C2)cc1Cl. The lowest BCUT2D eigenvalue weighted by Crippen LogP contribution is -2.34. The lowest BCUT2D eigenvalue weighted by Gasteiger charge is -2.32. The van der Waals surface area contributed by atoms with Crippen LogP contribution in [0.25, 0.3) is 0 Å². The molecule has 0 aliphatic carbocycles. The molecule has 1 aliphatic heterocycles. The molecule has 26 heavy (non-hydrogen) atoms. The summed E-state index contributed by atoms with van der Waals surface area (Å²) in [6, 6.07) is 7.89. The molecule has 6 nitrogen and oxygen atoms in total. The highest BCUT2D eigenvalue weighted by Gasteiger charge is 2.23. The summed E-state index contributed by atoms with van der Waals surface area (Å²) in [7, 11) is 0. The summed E-state index contributed by atoms with van der Waals surface area (Å²) in [4.78, 5) is 13.2. The van der Waals surface area contributed by atoms with Crippen molar-refractivity contribution in [2.45, 2.75) is 38.8 Å². The minimum absolute atomic E-state index is 0.0961. The Hall–Kier alpha value is -2.05. The van der Waals surface area contributed by atoms with E-state index >= 15 is 0 Å². The number of aromatic nitrogens is 2. The minimum atomic E-state index is -0.878. The quantitative estimate of drug-likeness (QED) is 0.801. The first-order valence-electron chi connectivity index (χ1n) is 8.94. The first kappa shape index (κ1) is 18.7. The Morgan fingerprint density at radius 3 is 3.00 bits per heavy atom. The van der Waals surface area contributed by atoms with Crippen molar-refractivity contribution in [1.82, 2.24) is 14.7 Å². The molecule has 7 heteroatoms. The zero-order valence-corrected chi connectivity index (χ0v) is 15.7. The van der Waals surface area contributed by atoms with Gasteiger partial charge in [0.05, 0.1) is 17.3 Å². The standard InChI is InChI=1S/C19H24ClN3O3/c1-2-26-18-6-5-14(10-16(18)20)11-22-8-3-4-15(12-22)17-7-9-23(21-17)13-19(24)25/h5-7,9-10,15H,2-4,8,11-13H2,1H3,(H,24,25)/t15-/m0/s1. The van der Waals surface area contributed by atoms with Crippen LogP contribution in [0.15, 0.2) is 30.5 Å². The Balaban J connectivity index is 1.62. The van der Waals surface area contributed by atoms with Crippen molar-refractivity contribution in [1.29, 1.82) is 0 Å². The first-order chi connectivity index (χ1) is 12.5. The number of aliphatic carboxylic acids is 1. The van der Waals surface area contributed by atoms with Crippen molar-refractivity contribution >= 4 is 17.6 Å². The van der Waals surface area contributed by atoms with Crippen LogP contribution >= 0.6 is 11.6 Å². The molecule has 1 aliphatic rings. The van der Waals surface area contributed by atoms with Crippen LogP contribution in [0, 0.1) is 0 Å². The second-order valence-corrected chi connectivity index (χ2v) is 7.01. The molecule has 0 spiro atoms. The number of rotatable bonds is 7. The van der Waals surface area contributed by atoms with Gasteiger partial charge in [-0.3, -0.25) is 14.4 Å². The number of carboxylic acid groups (broad SMARTS) is 1. The highest BCUT2D eigenvalue weighted by molar-refractivity contribution is 6.32. The van der Waals surface area contributed by atoms with E-state index in [2.05, 4.69) is 16.1 Å². The third kappa shape index (κ3) is 4.77. The fourth-order valence-corrected chi connectivity index (χ4v) is 3.69. The second kappa shape index (κ2) is 8.56. The molecule has 3 rings (SSSR count). The van der Waals surface area contributed by atoms with E-state index in [-0.39, 0.29) is 6.54 Å². The molecule has 1 N–H and O–H groups in total. The van der Waals surface area contributed by atoms with Crippen molar-refractivity contribution < 1.29 is 14.6 Å². The van der Waals surface area contributed by atoms with E-state index in [1.54, 1.807) is 6.20 Å². The number of likely N-dealkylation sites (tertiary alicyclic amines) is 1. The molecule has 0 saturated carbocycles. The topological polar surface area (TPSA) is 67.6 Å². The molecule has 1 saturated heterocycles. The maximum Gasteiger partial charge on any atom is 0.325 e. The normalized spacial score (nSPS) is 18.0. The summed E-state index contributed by atoms with van der Waals surface area (Å²) in [6.45, 7) is 5.23. The predicted molar refractivity (Wildman–Crippen MR) is 99.7 cm³/mol. The van der Waals surface area contributed by atoms with Gasteiger partial charge in [0.2, 0.25) is 0 Å². The van der Waals surface area contributed by atoms with Gasteiger partial charge in [0.25, 0.3) is 0 Å². The lowest BCUT2D eigenvalue weighted by molar-refractivity contribution is -0.137. The van der Waals surface area contributed by atoms with Crippen molar-refractivity contribution in [2.24, 2.45) is 0 Å². The number of carbonyl (C=O) groups is 1. The monoisotopic (exact) mass is 377 g/mol. The fraction of sp³-hybridized carbons (Fsp3) is 0.474. The maximum atomic E-state index is 10.8. The zero-order valence-electron chi connectivity index (χ0n) is 14.9. The lowest BCUT2D eigenvalue weighted by atomic mass is 9.94. The second-order valence-electron chi connectivity index (χ2n) is 6.60. The average Bonchev–Trinajstić information content (AvgIpc) is 3.05. The Morgan fingerprint density at radius 2 is 2.27 bits per heavy atom. The first-order valence-corrected chi connectivity index (χ1v) is 9.31. The molecule has 1 aromatic carbocycles. The number of nitrogens with zero attached hydrogens (tertiary/aromatic N) is 3. The smallest absolute Gasteiger partial charge is 0.325 e. The zero-order chi connectivity index (χ0) is 18.5. The van der Waals surface area contributed by atoms with Crippen LogP contribution in [0.1, 0.15) is 36.9 Å². The Kier molecular flexibility index (Phi) is 6.16. The van der Waals surface area contributed by atoms with E-state index in [0.29, 0.717) is 17.5 Å². The van der Waals surface area contributed by atoms with Crippen molar-refractivity contribution in [3.63, 3.8) is 0 Å². The van der Waals surface area contributed by atoms with Gasteiger partial charge in [-0.2, -0.15) is 5.10 Å². The van der Waals surface area contributed by atoms with Crippen LogP contribution in [0.2, 0.25) is 5.02 Å². The number of ether oxygens (including phenoxy) is 1. The third-order valence-corrected chi connectivity index (χ3v) is 4.88. The van der Waals surface area contributed by atoms with E-state index in [1.165, 1.54) is 4.68 Å². The largest absolute Gasteiger partial charge is 0.492 e. The Labute approximate surface area is 158 Å². The number of halogens is 1.